The van der Waals surface area contributed by atoms with Crippen molar-refractivity contribution in [2.75, 3.05) is 0 Å². The van der Waals surface area contributed by atoms with Gasteiger partial charge in [-0.25, -0.2) is 0 Å². The van der Waals surface area contributed by atoms with E-state index in [1.165, 1.54) is 6.92 Å². The zero-order chi connectivity index (χ0) is 7.99. The van der Waals surface area contributed by atoms with E-state index in [1.807, 2.05) is 6.92 Å². The summed E-state index contributed by atoms with van der Waals surface area (Å²) in [5.74, 6) is -0.173. The summed E-state index contributed by atoms with van der Waals surface area (Å²) >= 11 is 0. The van der Waals surface area contributed by atoms with Crippen molar-refractivity contribution in [2.24, 2.45) is 5.41 Å². The average Bonchev–Trinajstić information content (AvgIpc) is 2.01. The first-order valence-corrected chi connectivity index (χ1v) is 3.57. The third-order valence-electron chi connectivity index (χ3n) is 2.45. The summed E-state index contributed by atoms with van der Waals surface area (Å²) in [6, 6.07) is 0. The topological polar surface area (TPSA) is 26.3 Å². The van der Waals surface area contributed by atoms with E-state index in [2.05, 4.69) is 13.8 Å². The Balaban J connectivity index is 2.52. The summed E-state index contributed by atoms with van der Waals surface area (Å²) < 4.78 is 5.12. The zero-order valence-corrected chi connectivity index (χ0v) is 7.02. The van der Waals surface area contributed by atoms with Crippen LogP contribution in [0.3, 0.4) is 0 Å². The number of hydrogen-bond acceptors (Lipinski definition) is 2. The lowest BCUT2D eigenvalue weighted by molar-refractivity contribution is -0.149. The highest BCUT2D eigenvalue weighted by Gasteiger charge is 2.60. The molecule has 0 saturated heterocycles. The Morgan fingerprint density at radius 2 is 1.80 bits per heavy atom. The van der Waals surface area contributed by atoms with Crippen molar-refractivity contribution >= 4 is 5.97 Å². The Morgan fingerprint density at radius 1 is 1.40 bits per heavy atom. The fraction of sp³-hybridized carbons (Fsp3) is 0.875. The van der Waals surface area contributed by atoms with Crippen LogP contribution in [0.1, 0.15) is 34.1 Å². The van der Waals surface area contributed by atoms with E-state index in [-0.39, 0.29) is 17.0 Å². The van der Waals surface area contributed by atoms with Gasteiger partial charge in [-0.2, -0.15) is 0 Å². The Labute approximate surface area is 61.6 Å². The van der Waals surface area contributed by atoms with Gasteiger partial charge in [-0.1, -0.05) is 13.8 Å². The molecule has 0 aliphatic heterocycles. The summed E-state index contributed by atoms with van der Waals surface area (Å²) in [6.45, 7) is 7.65. The molecular formula is C8H14O2. The second-order valence-corrected chi connectivity index (χ2v) is 3.89. The maximum atomic E-state index is 10.6. The monoisotopic (exact) mass is 142 g/mol. The van der Waals surface area contributed by atoms with Crippen LogP contribution in [0, 0.1) is 5.41 Å². The van der Waals surface area contributed by atoms with Gasteiger partial charge >= 0.3 is 5.97 Å². The van der Waals surface area contributed by atoms with Crippen LogP contribution in [0.25, 0.3) is 0 Å². The Bertz CT molecular complexity index is 172. The first kappa shape index (κ1) is 7.58. The van der Waals surface area contributed by atoms with Gasteiger partial charge in [-0.15, -0.1) is 0 Å². The fourth-order valence-corrected chi connectivity index (χ4v) is 1.29. The maximum absolute atomic E-state index is 10.6. The minimum Gasteiger partial charge on any atom is -0.459 e. The standard InChI is InChI=1S/C8H14O2/c1-6(9)10-8(4)5-7(8,2)3/h5H2,1-4H3. The van der Waals surface area contributed by atoms with Crippen LogP contribution >= 0.6 is 0 Å². The molecule has 0 radical (unpaired) electrons. The third kappa shape index (κ3) is 1.02. The van der Waals surface area contributed by atoms with Crippen molar-refractivity contribution < 1.29 is 9.53 Å². The van der Waals surface area contributed by atoms with Gasteiger partial charge in [0.1, 0.15) is 5.60 Å². The van der Waals surface area contributed by atoms with E-state index in [4.69, 9.17) is 4.74 Å². The SMILES string of the molecule is CC(=O)OC1(C)CC1(C)C. The van der Waals surface area contributed by atoms with Gasteiger partial charge in [0.05, 0.1) is 0 Å². The van der Waals surface area contributed by atoms with Gasteiger partial charge in [-0.05, 0) is 13.3 Å². The van der Waals surface area contributed by atoms with E-state index < -0.39 is 0 Å². The van der Waals surface area contributed by atoms with Gasteiger partial charge in [0.25, 0.3) is 0 Å². The highest BCUT2D eigenvalue weighted by Crippen LogP contribution is 2.57. The summed E-state index contributed by atoms with van der Waals surface area (Å²) in [4.78, 5) is 10.6. The molecule has 58 valence electrons. The van der Waals surface area contributed by atoms with Gasteiger partial charge in [0.15, 0.2) is 0 Å². The van der Waals surface area contributed by atoms with Gasteiger partial charge in [0, 0.05) is 12.3 Å². The molecular weight excluding hydrogens is 128 g/mol. The van der Waals surface area contributed by atoms with Crippen LogP contribution in [0.5, 0.6) is 0 Å². The zero-order valence-electron chi connectivity index (χ0n) is 7.02. The molecule has 0 N–H and O–H groups in total. The van der Waals surface area contributed by atoms with Crippen molar-refractivity contribution in [2.45, 2.75) is 39.7 Å². The maximum Gasteiger partial charge on any atom is 0.303 e. The molecule has 0 aromatic carbocycles. The third-order valence-corrected chi connectivity index (χ3v) is 2.45. The van der Waals surface area contributed by atoms with E-state index in [9.17, 15) is 4.79 Å². The molecule has 0 bridgehead atoms. The van der Waals surface area contributed by atoms with Crippen molar-refractivity contribution in [3.63, 3.8) is 0 Å². The molecule has 10 heavy (non-hydrogen) atoms. The lowest BCUT2D eigenvalue weighted by Gasteiger charge is -2.14. The molecule has 1 rings (SSSR count). The van der Waals surface area contributed by atoms with Crippen LogP contribution in [0.2, 0.25) is 0 Å². The molecule has 0 aromatic rings. The van der Waals surface area contributed by atoms with Crippen LogP contribution in [-0.4, -0.2) is 11.6 Å². The number of rotatable bonds is 1. The van der Waals surface area contributed by atoms with Crippen molar-refractivity contribution in [3.8, 4) is 0 Å². The number of hydrogen-bond donors (Lipinski definition) is 0. The highest BCUT2D eigenvalue weighted by molar-refractivity contribution is 5.67. The Morgan fingerprint density at radius 3 is 1.90 bits per heavy atom. The van der Waals surface area contributed by atoms with Crippen LogP contribution in [-0.2, 0) is 9.53 Å². The van der Waals surface area contributed by atoms with E-state index in [0.29, 0.717) is 0 Å². The number of ether oxygens (including phenoxy) is 1. The largest absolute Gasteiger partial charge is 0.459 e. The van der Waals surface area contributed by atoms with E-state index >= 15 is 0 Å². The Kier molecular flexibility index (Phi) is 1.32. The molecule has 0 amide bonds. The summed E-state index contributed by atoms with van der Waals surface area (Å²) in [5.41, 5.74) is 0.0114. The normalized spacial score (nSPS) is 35.2. The number of carbonyl (C=O) groups excluding carboxylic acids is 1. The lowest BCUT2D eigenvalue weighted by atomic mass is 10.1. The molecule has 1 aliphatic carbocycles. The number of esters is 1. The molecule has 0 spiro atoms. The molecule has 2 heteroatoms. The lowest BCUT2D eigenvalue weighted by Crippen LogP contribution is -2.19. The summed E-state index contributed by atoms with van der Waals surface area (Å²) in [5, 5.41) is 0. The minimum atomic E-state index is -0.182. The van der Waals surface area contributed by atoms with Crippen LogP contribution < -0.4 is 0 Å². The first-order valence-electron chi connectivity index (χ1n) is 3.57. The van der Waals surface area contributed by atoms with E-state index in [1.54, 1.807) is 0 Å². The highest BCUT2D eigenvalue weighted by atomic mass is 16.6. The van der Waals surface area contributed by atoms with Crippen molar-refractivity contribution in [1.29, 1.82) is 0 Å². The van der Waals surface area contributed by atoms with Gasteiger partial charge in [0.2, 0.25) is 0 Å². The average molecular weight is 142 g/mol. The quantitative estimate of drug-likeness (QED) is 0.521. The molecule has 1 atom stereocenters. The fourth-order valence-electron chi connectivity index (χ4n) is 1.29. The van der Waals surface area contributed by atoms with Crippen LogP contribution in [0.4, 0.5) is 0 Å². The van der Waals surface area contributed by atoms with Gasteiger partial charge < -0.3 is 4.74 Å². The molecule has 0 aromatic heterocycles. The number of carbonyl (C=O) groups is 1. The molecule has 1 saturated carbocycles. The van der Waals surface area contributed by atoms with Crippen molar-refractivity contribution in [1.82, 2.24) is 0 Å². The molecule has 1 fully saturated rings. The van der Waals surface area contributed by atoms with E-state index in [0.717, 1.165) is 6.42 Å². The second-order valence-electron chi connectivity index (χ2n) is 3.89. The second kappa shape index (κ2) is 1.74. The summed E-state index contributed by atoms with van der Waals surface area (Å²) in [6.07, 6.45) is 0.986. The summed E-state index contributed by atoms with van der Waals surface area (Å²) in [7, 11) is 0. The molecule has 1 aliphatic rings. The predicted octanol–water partition coefficient (Wildman–Crippen LogP) is 1.74. The predicted molar refractivity (Wildman–Crippen MR) is 38.6 cm³/mol. The molecule has 1 unspecified atom stereocenters. The smallest absolute Gasteiger partial charge is 0.303 e. The first-order chi connectivity index (χ1) is 4.37. The molecule has 0 heterocycles. The Hall–Kier alpha value is -0.530. The van der Waals surface area contributed by atoms with Crippen molar-refractivity contribution in [3.05, 3.63) is 0 Å². The minimum absolute atomic E-state index is 0.173. The molecule has 2 nitrogen and oxygen atoms in total. The van der Waals surface area contributed by atoms with Gasteiger partial charge in [-0.3, -0.25) is 4.79 Å². The van der Waals surface area contributed by atoms with Crippen LogP contribution in [0.15, 0.2) is 0 Å².